The van der Waals surface area contributed by atoms with Gasteiger partial charge in [0.15, 0.2) is 5.96 Å². The minimum absolute atomic E-state index is 0.0909. The lowest BCUT2D eigenvalue weighted by molar-refractivity contribution is 0.0242. The third-order valence-corrected chi connectivity index (χ3v) is 5.01. The van der Waals surface area contributed by atoms with Crippen molar-refractivity contribution in [3.05, 3.63) is 46.5 Å². The summed E-state index contributed by atoms with van der Waals surface area (Å²) in [4.78, 5) is 5.95. The molecule has 1 aliphatic heterocycles. The Balaban J connectivity index is 1.53. The van der Waals surface area contributed by atoms with E-state index in [9.17, 15) is 0 Å². The molecular formula is C18H25N3O2S. The molecule has 1 saturated heterocycles. The molecule has 0 bridgehead atoms. The zero-order valence-corrected chi connectivity index (χ0v) is 14.9. The molecule has 24 heavy (non-hydrogen) atoms. The molecule has 0 aromatic carbocycles. The lowest BCUT2D eigenvalue weighted by Gasteiger charge is -2.24. The van der Waals surface area contributed by atoms with Crippen LogP contribution in [0, 0.1) is 0 Å². The molecule has 0 aliphatic carbocycles. The maximum absolute atomic E-state index is 5.85. The number of nitrogens with zero attached hydrogens (tertiary/aromatic N) is 1. The largest absolute Gasteiger partial charge is 0.469 e. The summed E-state index contributed by atoms with van der Waals surface area (Å²) in [6.45, 7) is 5.25. The maximum atomic E-state index is 5.85. The summed E-state index contributed by atoms with van der Waals surface area (Å²) >= 11 is 1.73. The fourth-order valence-electron chi connectivity index (χ4n) is 2.74. The molecule has 2 aromatic rings. The number of rotatable bonds is 7. The summed E-state index contributed by atoms with van der Waals surface area (Å²) in [5, 5.41) is 8.90. The highest BCUT2D eigenvalue weighted by molar-refractivity contribution is 7.09. The third-order valence-electron chi connectivity index (χ3n) is 4.15. The van der Waals surface area contributed by atoms with Crippen molar-refractivity contribution in [1.29, 1.82) is 0 Å². The third kappa shape index (κ3) is 5.11. The predicted octanol–water partition coefficient (Wildman–Crippen LogP) is 3.19. The van der Waals surface area contributed by atoms with Gasteiger partial charge in [0.05, 0.1) is 18.4 Å². The summed E-state index contributed by atoms with van der Waals surface area (Å²) in [5.41, 5.74) is -0.0909. The zero-order valence-electron chi connectivity index (χ0n) is 14.1. The van der Waals surface area contributed by atoms with E-state index in [-0.39, 0.29) is 5.60 Å². The lowest BCUT2D eigenvalue weighted by atomic mass is 10.0. The molecule has 1 atom stereocenters. The predicted molar refractivity (Wildman–Crippen MR) is 97.5 cm³/mol. The van der Waals surface area contributed by atoms with Gasteiger partial charge >= 0.3 is 0 Å². The molecule has 130 valence electrons. The van der Waals surface area contributed by atoms with E-state index in [1.54, 1.807) is 17.6 Å². The van der Waals surface area contributed by atoms with Gasteiger partial charge in [-0.3, -0.25) is 0 Å². The highest BCUT2D eigenvalue weighted by Crippen LogP contribution is 2.23. The Labute approximate surface area is 147 Å². The molecule has 2 aromatic heterocycles. The van der Waals surface area contributed by atoms with Gasteiger partial charge in [-0.1, -0.05) is 6.07 Å². The monoisotopic (exact) mass is 347 g/mol. The first-order valence-corrected chi connectivity index (χ1v) is 9.32. The number of hydrogen-bond donors (Lipinski definition) is 2. The van der Waals surface area contributed by atoms with E-state index in [0.29, 0.717) is 6.54 Å². The maximum Gasteiger partial charge on any atom is 0.191 e. The summed E-state index contributed by atoms with van der Waals surface area (Å²) in [6, 6.07) is 8.07. The SMILES string of the molecule is CC1(CNC(=NCc2cccs2)NCCc2ccco2)CCCO1. The Hall–Kier alpha value is -1.79. The van der Waals surface area contributed by atoms with Gasteiger partial charge in [0, 0.05) is 31.0 Å². The molecule has 0 radical (unpaired) electrons. The van der Waals surface area contributed by atoms with Gasteiger partial charge in [0.2, 0.25) is 0 Å². The smallest absolute Gasteiger partial charge is 0.191 e. The molecule has 5 nitrogen and oxygen atoms in total. The molecule has 6 heteroatoms. The minimum Gasteiger partial charge on any atom is -0.469 e. The Kier molecular flexibility index (Phi) is 5.93. The number of furan rings is 1. The molecule has 2 N–H and O–H groups in total. The molecule has 1 unspecified atom stereocenters. The van der Waals surface area contributed by atoms with Crippen LogP contribution in [0.1, 0.15) is 30.4 Å². The number of hydrogen-bond acceptors (Lipinski definition) is 4. The van der Waals surface area contributed by atoms with Crippen LogP contribution in [0.2, 0.25) is 0 Å². The first kappa shape index (κ1) is 17.0. The van der Waals surface area contributed by atoms with Crippen molar-refractivity contribution in [2.75, 3.05) is 19.7 Å². The van der Waals surface area contributed by atoms with Crippen molar-refractivity contribution >= 4 is 17.3 Å². The molecule has 1 aliphatic rings. The summed E-state index contributed by atoms with van der Waals surface area (Å²) in [7, 11) is 0. The van der Waals surface area contributed by atoms with Crippen LogP contribution in [0.3, 0.4) is 0 Å². The van der Waals surface area contributed by atoms with Crippen LogP contribution in [-0.4, -0.2) is 31.3 Å². The second-order valence-electron chi connectivity index (χ2n) is 6.26. The zero-order chi connectivity index (χ0) is 16.7. The van der Waals surface area contributed by atoms with Gasteiger partial charge < -0.3 is 19.8 Å². The topological polar surface area (TPSA) is 58.8 Å². The fourth-order valence-corrected chi connectivity index (χ4v) is 3.37. The fraction of sp³-hybridized carbons (Fsp3) is 0.500. The van der Waals surface area contributed by atoms with Crippen molar-refractivity contribution in [3.63, 3.8) is 0 Å². The van der Waals surface area contributed by atoms with Gasteiger partial charge in [0.1, 0.15) is 5.76 Å². The van der Waals surface area contributed by atoms with E-state index in [1.807, 2.05) is 12.1 Å². The average molecular weight is 347 g/mol. The van der Waals surface area contributed by atoms with Gasteiger partial charge in [-0.2, -0.15) is 0 Å². The first-order valence-electron chi connectivity index (χ1n) is 8.44. The van der Waals surface area contributed by atoms with Crippen molar-refractivity contribution in [1.82, 2.24) is 10.6 Å². The molecule has 0 amide bonds. The van der Waals surface area contributed by atoms with E-state index < -0.39 is 0 Å². The quantitative estimate of drug-likeness (QED) is 0.596. The Morgan fingerprint density at radius 2 is 2.29 bits per heavy atom. The summed E-state index contributed by atoms with van der Waals surface area (Å²) in [6.07, 6.45) is 4.76. The lowest BCUT2D eigenvalue weighted by Crippen LogP contribution is -2.46. The van der Waals surface area contributed by atoms with Gasteiger partial charge in [0.25, 0.3) is 0 Å². The van der Waals surface area contributed by atoms with Crippen LogP contribution in [0.5, 0.6) is 0 Å². The van der Waals surface area contributed by atoms with Crippen molar-refractivity contribution in [2.45, 2.75) is 38.3 Å². The number of ether oxygens (including phenoxy) is 1. The van der Waals surface area contributed by atoms with Crippen molar-refractivity contribution < 1.29 is 9.15 Å². The Morgan fingerprint density at radius 1 is 1.33 bits per heavy atom. The average Bonchev–Trinajstić information content (AvgIpc) is 3.32. The van der Waals surface area contributed by atoms with Crippen LogP contribution >= 0.6 is 11.3 Å². The van der Waals surface area contributed by atoms with Crippen LogP contribution in [0.15, 0.2) is 45.3 Å². The number of aliphatic imine (C=N–C) groups is 1. The molecular weight excluding hydrogens is 322 g/mol. The van der Waals surface area contributed by atoms with Crippen LogP contribution in [-0.2, 0) is 17.7 Å². The van der Waals surface area contributed by atoms with Gasteiger partial charge in [-0.25, -0.2) is 4.99 Å². The van der Waals surface area contributed by atoms with E-state index in [2.05, 4.69) is 35.1 Å². The second kappa shape index (κ2) is 8.35. The van der Waals surface area contributed by atoms with E-state index in [1.165, 1.54) is 4.88 Å². The number of thiophene rings is 1. The summed E-state index contributed by atoms with van der Waals surface area (Å²) in [5.74, 6) is 1.80. The van der Waals surface area contributed by atoms with Crippen molar-refractivity contribution in [2.24, 2.45) is 4.99 Å². The number of guanidine groups is 1. The van der Waals surface area contributed by atoms with Crippen LogP contribution in [0.4, 0.5) is 0 Å². The van der Waals surface area contributed by atoms with Crippen LogP contribution in [0.25, 0.3) is 0 Å². The van der Waals surface area contributed by atoms with Crippen LogP contribution < -0.4 is 10.6 Å². The first-order chi connectivity index (χ1) is 11.7. The molecule has 0 saturated carbocycles. The van der Waals surface area contributed by atoms with Gasteiger partial charge in [-0.15, -0.1) is 11.3 Å². The molecule has 1 fully saturated rings. The minimum atomic E-state index is -0.0909. The Morgan fingerprint density at radius 3 is 3.00 bits per heavy atom. The van der Waals surface area contributed by atoms with Crippen molar-refractivity contribution in [3.8, 4) is 0 Å². The molecule has 3 heterocycles. The second-order valence-corrected chi connectivity index (χ2v) is 7.29. The van der Waals surface area contributed by atoms with Gasteiger partial charge in [-0.05, 0) is 43.3 Å². The van der Waals surface area contributed by atoms with E-state index in [4.69, 9.17) is 14.1 Å². The summed E-state index contributed by atoms with van der Waals surface area (Å²) < 4.78 is 11.2. The number of nitrogens with one attached hydrogen (secondary N) is 2. The highest BCUT2D eigenvalue weighted by atomic mass is 32.1. The molecule has 3 rings (SSSR count). The van der Waals surface area contributed by atoms with E-state index in [0.717, 1.165) is 50.7 Å². The molecule has 0 spiro atoms. The normalized spacial score (nSPS) is 21.1. The Bertz CT molecular complexity index is 617. The van der Waals surface area contributed by atoms with E-state index >= 15 is 0 Å². The standard InChI is InChI=1S/C18H25N3O2S/c1-18(8-4-11-23-18)14-21-17(20-13-16-6-3-12-24-16)19-9-7-15-5-2-10-22-15/h2-3,5-6,10,12H,4,7-9,11,13-14H2,1H3,(H2,19,20,21). The highest BCUT2D eigenvalue weighted by Gasteiger charge is 2.29.